The van der Waals surface area contributed by atoms with Crippen molar-refractivity contribution in [3.05, 3.63) is 29.8 Å². The van der Waals surface area contributed by atoms with E-state index in [2.05, 4.69) is 4.72 Å². The summed E-state index contributed by atoms with van der Waals surface area (Å²) in [5.74, 6) is 0. The molecule has 1 unspecified atom stereocenters. The van der Waals surface area contributed by atoms with Crippen molar-refractivity contribution in [2.24, 2.45) is 11.1 Å². The average molecular weight is 300 g/mol. The van der Waals surface area contributed by atoms with Gasteiger partial charge in [0.2, 0.25) is 10.0 Å². The fourth-order valence-corrected chi connectivity index (χ4v) is 2.92. The Hall–Kier alpha value is -0.980. The summed E-state index contributed by atoms with van der Waals surface area (Å²) in [6.07, 6.45) is 0. The minimum absolute atomic E-state index is 0.159. The Labute approximate surface area is 120 Å². The average Bonchev–Trinajstić information content (AvgIpc) is 2.27. The van der Waals surface area contributed by atoms with E-state index < -0.39 is 10.0 Å². The maximum atomic E-state index is 12.3. The van der Waals surface area contributed by atoms with E-state index in [1.165, 1.54) is 12.1 Å². The summed E-state index contributed by atoms with van der Waals surface area (Å²) in [6.45, 7) is 7.78. The molecule has 0 heterocycles. The van der Waals surface area contributed by atoms with Crippen molar-refractivity contribution in [3.8, 4) is 0 Å². The normalized spacial score (nSPS) is 14.1. The summed E-state index contributed by atoms with van der Waals surface area (Å²) in [7, 11) is -3.56. The molecule has 0 amide bonds. The Morgan fingerprint density at radius 3 is 2.42 bits per heavy atom. The van der Waals surface area contributed by atoms with Crippen molar-refractivity contribution in [3.63, 3.8) is 0 Å². The summed E-state index contributed by atoms with van der Waals surface area (Å²) in [6, 6.07) is 6.14. The third kappa shape index (κ3) is 4.26. The van der Waals surface area contributed by atoms with E-state index in [0.29, 0.717) is 5.56 Å². The van der Waals surface area contributed by atoms with Crippen LogP contribution in [0.25, 0.3) is 0 Å². The molecule has 0 radical (unpaired) electrons. The smallest absolute Gasteiger partial charge is 0.240 e. The van der Waals surface area contributed by atoms with Crippen LogP contribution in [0.5, 0.6) is 0 Å². The third-order valence-corrected chi connectivity index (χ3v) is 4.83. The quantitative estimate of drug-likeness (QED) is 0.835. The van der Waals surface area contributed by atoms with E-state index in [1.807, 2.05) is 27.7 Å². The maximum Gasteiger partial charge on any atom is 0.240 e. The number of thiocarbonyl (C=S) groups is 1. The van der Waals surface area contributed by atoms with Crippen LogP contribution in [-0.2, 0) is 10.0 Å². The molecule has 1 atom stereocenters. The molecular weight excluding hydrogens is 280 g/mol. The van der Waals surface area contributed by atoms with E-state index >= 15 is 0 Å². The maximum absolute atomic E-state index is 12.3. The Morgan fingerprint density at radius 1 is 1.37 bits per heavy atom. The first kappa shape index (κ1) is 16.1. The van der Waals surface area contributed by atoms with Crippen LogP contribution in [0.2, 0.25) is 0 Å². The zero-order chi connectivity index (χ0) is 14.8. The van der Waals surface area contributed by atoms with Crippen molar-refractivity contribution in [2.75, 3.05) is 0 Å². The first-order valence-electron chi connectivity index (χ1n) is 5.96. The van der Waals surface area contributed by atoms with Gasteiger partial charge in [0.05, 0.1) is 4.90 Å². The molecule has 0 aliphatic heterocycles. The van der Waals surface area contributed by atoms with Gasteiger partial charge >= 0.3 is 0 Å². The van der Waals surface area contributed by atoms with Crippen molar-refractivity contribution < 1.29 is 8.42 Å². The minimum atomic E-state index is -3.56. The molecule has 106 valence electrons. The second-order valence-corrected chi connectivity index (χ2v) is 7.75. The third-order valence-electron chi connectivity index (χ3n) is 3.06. The van der Waals surface area contributed by atoms with E-state index in [-0.39, 0.29) is 21.3 Å². The zero-order valence-electron chi connectivity index (χ0n) is 11.6. The molecule has 1 aromatic carbocycles. The lowest BCUT2D eigenvalue weighted by molar-refractivity contribution is 0.317. The monoisotopic (exact) mass is 300 g/mol. The molecule has 1 aromatic rings. The van der Waals surface area contributed by atoms with Gasteiger partial charge in [0, 0.05) is 11.6 Å². The first-order chi connectivity index (χ1) is 8.54. The zero-order valence-corrected chi connectivity index (χ0v) is 13.2. The second kappa shape index (κ2) is 5.56. The van der Waals surface area contributed by atoms with Gasteiger partial charge in [-0.3, -0.25) is 0 Å². The predicted octanol–water partition coefficient (Wildman–Crippen LogP) is 2.03. The molecule has 0 saturated carbocycles. The van der Waals surface area contributed by atoms with Crippen LogP contribution in [0.15, 0.2) is 29.2 Å². The lowest BCUT2D eigenvalue weighted by atomic mass is 9.89. The molecule has 0 fully saturated rings. The largest absolute Gasteiger partial charge is 0.389 e. The van der Waals surface area contributed by atoms with Crippen LogP contribution in [0.1, 0.15) is 33.3 Å². The van der Waals surface area contributed by atoms with Gasteiger partial charge in [0.25, 0.3) is 0 Å². The molecule has 19 heavy (non-hydrogen) atoms. The van der Waals surface area contributed by atoms with Gasteiger partial charge in [0.1, 0.15) is 4.99 Å². The Bertz CT molecular complexity index is 575. The number of hydrogen-bond acceptors (Lipinski definition) is 3. The lowest BCUT2D eigenvalue weighted by Gasteiger charge is -2.27. The van der Waals surface area contributed by atoms with Crippen molar-refractivity contribution in [2.45, 2.75) is 38.6 Å². The molecule has 4 nitrogen and oxygen atoms in total. The highest BCUT2D eigenvalue weighted by molar-refractivity contribution is 7.89. The van der Waals surface area contributed by atoms with E-state index in [9.17, 15) is 8.42 Å². The SMILES string of the molecule is CC(NS(=O)(=O)c1cccc(C(N)=S)c1)C(C)(C)C. The van der Waals surface area contributed by atoms with Crippen LogP contribution in [0, 0.1) is 5.41 Å². The minimum Gasteiger partial charge on any atom is -0.389 e. The molecule has 6 heteroatoms. The number of nitrogens with one attached hydrogen (secondary N) is 1. The first-order valence-corrected chi connectivity index (χ1v) is 7.85. The van der Waals surface area contributed by atoms with E-state index in [1.54, 1.807) is 12.1 Å². The highest BCUT2D eigenvalue weighted by Crippen LogP contribution is 2.21. The number of hydrogen-bond donors (Lipinski definition) is 2. The summed E-state index contributed by atoms with van der Waals surface area (Å²) in [5, 5.41) is 0. The summed E-state index contributed by atoms with van der Waals surface area (Å²) >= 11 is 4.85. The summed E-state index contributed by atoms with van der Waals surface area (Å²) in [5.41, 5.74) is 5.90. The molecule has 0 spiro atoms. The Kier molecular flexibility index (Phi) is 4.71. The molecule has 0 aromatic heterocycles. The Balaban J connectivity index is 3.08. The number of nitrogens with two attached hydrogens (primary N) is 1. The number of rotatable bonds is 4. The second-order valence-electron chi connectivity index (χ2n) is 5.60. The number of sulfonamides is 1. The molecule has 0 bridgehead atoms. The molecule has 0 aliphatic carbocycles. The van der Waals surface area contributed by atoms with Crippen LogP contribution in [0.3, 0.4) is 0 Å². The molecule has 0 aliphatic rings. The Morgan fingerprint density at radius 2 is 1.95 bits per heavy atom. The van der Waals surface area contributed by atoms with Gasteiger partial charge in [-0.2, -0.15) is 0 Å². The lowest BCUT2D eigenvalue weighted by Crippen LogP contribution is -2.41. The molecular formula is C13H20N2O2S2. The highest BCUT2D eigenvalue weighted by atomic mass is 32.2. The van der Waals surface area contributed by atoms with Crippen molar-refractivity contribution >= 4 is 27.2 Å². The number of benzene rings is 1. The van der Waals surface area contributed by atoms with Crippen molar-refractivity contribution in [1.29, 1.82) is 0 Å². The van der Waals surface area contributed by atoms with E-state index in [4.69, 9.17) is 18.0 Å². The fraction of sp³-hybridized carbons (Fsp3) is 0.462. The van der Waals surface area contributed by atoms with Crippen LogP contribution in [0.4, 0.5) is 0 Å². The van der Waals surface area contributed by atoms with Crippen LogP contribution in [-0.4, -0.2) is 19.4 Å². The van der Waals surface area contributed by atoms with Gasteiger partial charge in [-0.15, -0.1) is 0 Å². The highest BCUT2D eigenvalue weighted by Gasteiger charge is 2.26. The van der Waals surface area contributed by atoms with Crippen LogP contribution < -0.4 is 10.5 Å². The fourth-order valence-electron chi connectivity index (χ4n) is 1.29. The molecule has 0 saturated heterocycles. The van der Waals surface area contributed by atoms with Gasteiger partial charge in [0.15, 0.2) is 0 Å². The molecule has 1 rings (SSSR count). The van der Waals surface area contributed by atoms with E-state index in [0.717, 1.165) is 0 Å². The summed E-state index contributed by atoms with van der Waals surface area (Å²) in [4.78, 5) is 0.356. The topological polar surface area (TPSA) is 72.2 Å². The van der Waals surface area contributed by atoms with Gasteiger partial charge in [-0.05, 0) is 24.5 Å². The standard InChI is InChI=1S/C13H20N2O2S2/c1-9(13(2,3)4)15-19(16,17)11-7-5-6-10(8-11)12(14)18/h5-9,15H,1-4H3,(H2,14,18). The molecule has 3 N–H and O–H groups in total. The van der Waals surface area contributed by atoms with Gasteiger partial charge in [-0.1, -0.05) is 45.1 Å². The predicted molar refractivity (Wildman–Crippen MR) is 81.6 cm³/mol. The van der Waals surface area contributed by atoms with Crippen molar-refractivity contribution in [1.82, 2.24) is 4.72 Å². The summed E-state index contributed by atoms with van der Waals surface area (Å²) < 4.78 is 27.2. The van der Waals surface area contributed by atoms with Crippen LogP contribution >= 0.6 is 12.2 Å². The van der Waals surface area contributed by atoms with Gasteiger partial charge < -0.3 is 5.73 Å². The van der Waals surface area contributed by atoms with Gasteiger partial charge in [-0.25, -0.2) is 13.1 Å².